The number of anilines is 1. The van der Waals surface area contributed by atoms with Gasteiger partial charge < -0.3 is 5.32 Å². The SMILES string of the molecule is Fc1cccc(NCc2ccc(Cn3cncn3)cc2)n1. The van der Waals surface area contributed by atoms with Gasteiger partial charge in [0.25, 0.3) is 0 Å². The molecule has 21 heavy (non-hydrogen) atoms. The highest BCUT2D eigenvalue weighted by Gasteiger charge is 1.99. The minimum absolute atomic E-state index is 0.483. The van der Waals surface area contributed by atoms with Gasteiger partial charge in [-0.2, -0.15) is 9.49 Å². The van der Waals surface area contributed by atoms with Gasteiger partial charge in [-0.25, -0.2) is 14.6 Å². The maximum Gasteiger partial charge on any atom is 0.214 e. The van der Waals surface area contributed by atoms with Crippen LogP contribution in [-0.4, -0.2) is 19.7 Å². The third kappa shape index (κ3) is 3.62. The summed E-state index contributed by atoms with van der Waals surface area (Å²) in [6.45, 7) is 1.29. The topological polar surface area (TPSA) is 55.6 Å². The van der Waals surface area contributed by atoms with E-state index in [0.29, 0.717) is 18.9 Å². The molecule has 0 saturated carbocycles. The predicted octanol–water partition coefficient (Wildman–Crippen LogP) is 2.47. The van der Waals surface area contributed by atoms with Crippen LogP contribution in [0.3, 0.4) is 0 Å². The van der Waals surface area contributed by atoms with Crippen LogP contribution in [0.1, 0.15) is 11.1 Å². The van der Waals surface area contributed by atoms with Gasteiger partial charge in [-0.3, -0.25) is 0 Å². The van der Waals surface area contributed by atoms with E-state index in [4.69, 9.17) is 0 Å². The summed E-state index contributed by atoms with van der Waals surface area (Å²) in [7, 11) is 0. The Balaban J connectivity index is 1.59. The van der Waals surface area contributed by atoms with Gasteiger partial charge >= 0.3 is 0 Å². The van der Waals surface area contributed by atoms with Crippen LogP contribution < -0.4 is 5.32 Å². The summed E-state index contributed by atoms with van der Waals surface area (Å²) >= 11 is 0. The summed E-state index contributed by atoms with van der Waals surface area (Å²) in [5.41, 5.74) is 2.25. The van der Waals surface area contributed by atoms with E-state index in [1.807, 2.05) is 24.3 Å². The number of rotatable bonds is 5. The van der Waals surface area contributed by atoms with E-state index in [-0.39, 0.29) is 0 Å². The van der Waals surface area contributed by atoms with E-state index in [2.05, 4.69) is 20.4 Å². The molecule has 0 spiro atoms. The maximum atomic E-state index is 13.0. The zero-order valence-corrected chi connectivity index (χ0v) is 11.3. The summed E-state index contributed by atoms with van der Waals surface area (Å²) in [6, 6.07) is 12.8. The molecule has 0 aliphatic rings. The van der Waals surface area contributed by atoms with Crippen LogP contribution in [0.15, 0.2) is 55.1 Å². The van der Waals surface area contributed by atoms with Crippen molar-refractivity contribution in [1.82, 2.24) is 19.7 Å². The van der Waals surface area contributed by atoms with E-state index in [9.17, 15) is 4.39 Å². The number of hydrogen-bond acceptors (Lipinski definition) is 4. The van der Waals surface area contributed by atoms with Gasteiger partial charge in [0.1, 0.15) is 18.5 Å². The number of halogens is 1. The Morgan fingerprint density at radius 1 is 1.05 bits per heavy atom. The minimum Gasteiger partial charge on any atom is -0.366 e. The first-order valence-corrected chi connectivity index (χ1v) is 6.56. The Morgan fingerprint density at radius 2 is 1.86 bits per heavy atom. The maximum absolute atomic E-state index is 13.0. The van der Waals surface area contributed by atoms with Crippen LogP contribution in [-0.2, 0) is 13.1 Å². The molecular weight excluding hydrogens is 269 g/mol. The molecule has 5 nitrogen and oxygen atoms in total. The Morgan fingerprint density at radius 3 is 2.57 bits per heavy atom. The number of nitrogens with zero attached hydrogens (tertiary/aromatic N) is 4. The molecule has 0 atom stereocenters. The van der Waals surface area contributed by atoms with Crippen molar-refractivity contribution in [2.24, 2.45) is 0 Å². The van der Waals surface area contributed by atoms with Gasteiger partial charge in [0.05, 0.1) is 6.54 Å². The van der Waals surface area contributed by atoms with Crippen molar-refractivity contribution < 1.29 is 4.39 Å². The van der Waals surface area contributed by atoms with E-state index in [1.54, 1.807) is 23.1 Å². The molecule has 0 bridgehead atoms. The van der Waals surface area contributed by atoms with E-state index >= 15 is 0 Å². The molecule has 1 aromatic carbocycles. The van der Waals surface area contributed by atoms with Gasteiger partial charge in [0.15, 0.2) is 0 Å². The summed E-state index contributed by atoms with van der Waals surface area (Å²) < 4.78 is 14.7. The molecule has 2 heterocycles. The largest absolute Gasteiger partial charge is 0.366 e. The van der Waals surface area contributed by atoms with Crippen molar-refractivity contribution in [3.05, 3.63) is 72.2 Å². The lowest BCUT2D eigenvalue weighted by Crippen LogP contribution is -2.03. The molecule has 3 aromatic rings. The lowest BCUT2D eigenvalue weighted by molar-refractivity contribution is 0.585. The molecule has 0 saturated heterocycles. The first-order chi connectivity index (χ1) is 10.3. The highest BCUT2D eigenvalue weighted by atomic mass is 19.1. The molecule has 1 N–H and O–H groups in total. The van der Waals surface area contributed by atoms with E-state index in [0.717, 1.165) is 11.1 Å². The second-order valence-electron chi connectivity index (χ2n) is 4.61. The third-order valence-corrected chi connectivity index (χ3v) is 3.02. The van der Waals surface area contributed by atoms with Crippen LogP contribution in [0.4, 0.5) is 10.2 Å². The summed E-state index contributed by atoms with van der Waals surface area (Å²) in [4.78, 5) is 7.67. The van der Waals surface area contributed by atoms with E-state index < -0.39 is 5.95 Å². The Hall–Kier alpha value is -2.76. The molecule has 106 valence electrons. The van der Waals surface area contributed by atoms with Crippen molar-refractivity contribution >= 4 is 5.82 Å². The van der Waals surface area contributed by atoms with Gasteiger partial charge in [-0.15, -0.1) is 0 Å². The molecule has 0 aliphatic carbocycles. The van der Waals surface area contributed by atoms with E-state index in [1.165, 1.54) is 12.4 Å². The quantitative estimate of drug-likeness (QED) is 0.731. The monoisotopic (exact) mass is 283 g/mol. The molecule has 0 aliphatic heterocycles. The molecular formula is C15H14FN5. The fourth-order valence-electron chi connectivity index (χ4n) is 1.96. The summed E-state index contributed by atoms with van der Waals surface area (Å²) in [5, 5.41) is 7.16. The number of nitrogens with one attached hydrogen (secondary N) is 1. The second kappa shape index (κ2) is 6.13. The van der Waals surface area contributed by atoms with Crippen LogP contribution >= 0.6 is 0 Å². The van der Waals surface area contributed by atoms with Crippen LogP contribution in [0.25, 0.3) is 0 Å². The molecule has 3 rings (SSSR count). The van der Waals surface area contributed by atoms with Crippen molar-refractivity contribution in [1.29, 1.82) is 0 Å². The Labute approximate surface area is 121 Å². The number of benzene rings is 1. The lowest BCUT2D eigenvalue weighted by Gasteiger charge is -2.07. The molecule has 0 amide bonds. The third-order valence-electron chi connectivity index (χ3n) is 3.02. The van der Waals surface area contributed by atoms with Gasteiger partial charge in [-0.05, 0) is 23.3 Å². The van der Waals surface area contributed by atoms with Crippen LogP contribution in [0.5, 0.6) is 0 Å². The second-order valence-corrected chi connectivity index (χ2v) is 4.61. The minimum atomic E-state index is -0.483. The molecule has 0 radical (unpaired) electrons. The molecule has 6 heteroatoms. The lowest BCUT2D eigenvalue weighted by atomic mass is 10.1. The average Bonchev–Trinajstić information content (AvgIpc) is 3.00. The van der Waals surface area contributed by atoms with Gasteiger partial charge in [0, 0.05) is 6.54 Å². The average molecular weight is 283 g/mol. The zero-order chi connectivity index (χ0) is 14.5. The summed E-state index contributed by atoms with van der Waals surface area (Å²) in [6.07, 6.45) is 3.20. The smallest absolute Gasteiger partial charge is 0.214 e. The van der Waals surface area contributed by atoms with Crippen LogP contribution in [0, 0.1) is 5.95 Å². The first-order valence-electron chi connectivity index (χ1n) is 6.56. The zero-order valence-electron chi connectivity index (χ0n) is 11.3. The molecule has 2 aromatic heterocycles. The van der Waals surface area contributed by atoms with Crippen molar-refractivity contribution in [2.75, 3.05) is 5.32 Å². The van der Waals surface area contributed by atoms with Crippen LogP contribution in [0.2, 0.25) is 0 Å². The highest BCUT2D eigenvalue weighted by molar-refractivity contribution is 5.35. The normalized spacial score (nSPS) is 10.5. The first kappa shape index (κ1) is 13.2. The van der Waals surface area contributed by atoms with Gasteiger partial charge in [-0.1, -0.05) is 30.3 Å². The predicted molar refractivity (Wildman–Crippen MR) is 77.1 cm³/mol. The molecule has 0 fully saturated rings. The van der Waals surface area contributed by atoms with Crippen molar-refractivity contribution in [3.63, 3.8) is 0 Å². The standard InChI is InChI=1S/C15H14FN5/c16-14-2-1-3-15(20-14)18-8-12-4-6-13(7-5-12)9-21-11-17-10-19-21/h1-7,10-11H,8-9H2,(H,18,20). The fraction of sp³-hybridized carbons (Fsp3) is 0.133. The number of aromatic nitrogens is 4. The Bertz CT molecular complexity index is 694. The van der Waals surface area contributed by atoms with Crippen molar-refractivity contribution in [2.45, 2.75) is 13.1 Å². The summed E-state index contributed by atoms with van der Waals surface area (Å²) in [5.74, 6) is 0.0462. The number of hydrogen-bond donors (Lipinski definition) is 1. The van der Waals surface area contributed by atoms with Crippen molar-refractivity contribution in [3.8, 4) is 0 Å². The highest BCUT2D eigenvalue weighted by Crippen LogP contribution is 2.09. The Kier molecular flexibility index (Phi) is 3.86. The van der Waals surface area contributed by atoms with Gasteiger partial charge in [0.2, 0.25) is 5.95 Å². The molecule has 0 unspecified atom stereocenters. The fourth-order valence-corrected chi connectivity index (χ4v) is 1.96. The number of pyridine rings is 1.